The zero-order valence-corrected chi connectivity index (χ0v) is 15.3. The fourth-order valence-electron chi connectivity index (χ4n) is 3.71. The molecule has 2 saturated heterocycles. The van der Waals surface area contributed by atoms with Crippen molar-refractivity contribution in [2.75, 3.05) is 19.7 Å². The molecule has 0 radical (unpaired) electrons. The van der Waals surface area contributed by atoms with Gasteiger partial charge in [0.25, 0.3) is 0 Å². The first-order chi connectivity index (χ1) is 11.5. The number of thiophene rings is 1. The number of carbonyl (C=O) groups is 2. The fourth-order valence-corrected chi connectivity index (χ4v) is 4.41. The van der Waals surface area contributed by atoms with Gasteiger partial charge in [-0.05, 0) is 36.6 Å². The Hall–Kier alpha value is -1.56. The summed E-state index contributed by atoms with van der Waals surface area (Å²) in [5, 5.41) is 2.00. The molecule has 1 aromatic heterocycles. The Morgan fingerprint density at radius 2 is 2.12 bits per heavy atom. The summed E-state index contributed by atoms with van der Waals surface area (Å²) in [5.74, 6) is 0.734. The molecule has 1 aromatic rings. The number of ether oxygens (including phenoxy) is 1. The van der Waals surface area contributed by atoms with Crippen LogP contribution in [0.5, 0.6) is 0 Å². The highest BCUT2D eigenvalue weighted by Crippen LogP contribution is 2.27. The van der Waals surface area contributed by atoms with E-state index in [4.69, 9.17) is 4.74 Å². The lowest BCUT2D eigenvalue weighted by Crippen LogP contribution is -2.50. The Morgan fingerprint density at radius 1 is 1.38 bits per heavy atom. The zero-order chi connectivity index (χ0) is 17.1. The summed E-state index contributed by atoms with van der Waals surface area (Å²) in [6.45, 7) is 6.31. The van der Waals surface area contributed by atoms with Crippen molar-refractivity contribution in [3.05, 3.63) is 22.4 Å². The molecule has 24 heavy (non-hydrogen) atoms. The molecule has 0 aliphatic carbocycles. The van der Waals surface area contributed by atoms with Gasteiger partial charge in [0, 0.05) is 24.0 Å². The summed E-state index contributed by atoms with van der Waals surface area (Å²) >= 11 is 1.63. The van der Waals surface area contributed by atoms with Gasteiger partial charge in [0.15, 0.2) is 0 Å². The second-order valence-corrected chi connectivity index (χ2v) is 8.17. The van der Waals surface area contributed by atoms with Gasteiger partial charge in [-0.15, -0.1) is 11.3 Å². The maximum Gasteiger partial charge on any atom is 0.410 e. The third-order valence-corrected chi connectivity index (χ3v) is 5.74. The van der Waals surface area contributed by atoms with E-state index in [9.17, 15) is 9.59 Å². The van der Waals surface area contributed by atoms with Crippen LogP contribution in [0.1, 0.15) is 38.0 Å². The van der Waals surface area contributed by atoms with E-state index in [1.807, 2.05) is 27.3 Å². The topological polar surface area (TPSA) is 49.9 Å². The number of amides is 2. The molecule has 0 bridgehead atoms. The molecule has 2 amide bonds. The van der Waals surface area contributed by atoms with Crippen molar-refractivity contribution in [3.63, 3.8) is 0 Å². The quantitative estimate of drug-likeness (QED) is 0.820. The van der Waals surface area contributed by atoms with Crippen LogP contribution in [0.25, 0.3) is 0 Å². The number of cyclic esters (lactones) is 1. The first-order valence-electron chi connectivity index (χ1n) is 8.80. The minimum absolute atomic E-state index is 0.177. The van der Waals surface area contributed by atoms with E-state index in [1.54, 1.807) is 11.3 Å². The van der Waals surface area contributed by atoms with Crippen molar-refractivity contribution in [1.82, 2.24) is 9.80 Å². The molecule has 0 spiro atoms. The van der Waals surface area contributed by atoms with Crippen LogP contribution in [0.15, 0.2) is 17.5 Å². The van der Waals surface area contributed by atoms with E-state index in [0.29, 0.717) is 18.9 Å². The monoisotopic (exact) mass is 350 g/mol. The number of carbonyl (C=O) groups excluding carboxylic acids is 2. The average Bonchev–Trinajstić information content (AvgIpc) is 3.17. The molecular weight excluding hydrogens is 324 g/mol. The molecule has 0 aromatic carbocycles. The SMILES string of the molecule is CC(C)CC1COC(=O)N1C1CCN(C(=O)Cc2cccs2)CC1. The van der Waals surface area contributed by atoms with Crippen LogP contribution in [0.3, 0.4) is 0 Å². The lowest BCUT2D eigenvalue weighted by Gasteiger charge is -2.38. The smallest absolute Gasteiger partial charge is 0.410 e. The zero-order valence-electron chi connectivity index (χ0n) is 14.4. The number of rotatable bonds is 5. The Bertz CT molecular complexity index is 565. The van der Waals surface area contributed by atoms with Gasteiger partial charge in [-0.1, -0.05) is 19.9 Å². The van der Waals surface area contributed by atoms with Crippen molar-refractivity contribution in [2.45, 2.75) is 51.6 Å². The Labute approximate surface area is 147 Å². The normalized spacial score (nSPS) is 22.3. The van der Waals surface area contributed by atoms with E-state index in [2.05, 4.69) is 13.8 Å². The standard InChI is InChI=1S/C18H26N2O3S/c1-13(2)10-15-12-23-18(22)20(15)14-5-7-19(8-6-14)17(21)11-16-4-3-9-24-16/h3-4,9,13-15H,5-8,10-12H2,1-2H3. The molecule has 0 N–H and O–H groups in total. The van der Waals surface area contributed by atoms with Gasteiger partial charge in [-0.3, -0.25) is 9.69 Å². The molecule has 5 nitrogen and oxygen atoms in total. The predicted octanol–water partition coefficient (Wildman–Crippen LogP) is 3.15. The van der Waals surface area contributed by atoms with Crippen molar-refractivity contribution < 1.29 is 14.3 Å². The molecule has 1 unspecified atom stereocenters. The summed E-state index contributed by atoms with van der Waals surface area (Å²) in [6, 6.07) is 4.38. The van der Waals surface area contributed by atoms with Crippen LogP contribution in [-0.2, 0) is 16.0 Å². The second kappa shape index (κ2) is 7.55. The molecule has 2 aliphatic rings. The van der Waals surface area contributed by atoms with Gasteiger partial charge in [0.05, 0.1) is 12.5 Å². The van der Waals surface area contributed by atoms with Crippen molar-refractivity contribution in [1.29, 1.82) is 0 Å². The van der Waals surface area contributed by atoms with E-state index >= 15 is 0 Å². The van der Waals surface area contributed by atoms with Crippen molar-refractivity contribution in [3.8, 4) is 0 Å². The van der Waals surface area contributed by atoms with E-state index in [1.165, 1.54) is 0 Å². The van der Waals surface area contributed by atoms with Crippen molar-refractivity contribution in [2.24, 2.45) is 5.92 Å². The molecule has 3 rings (SSSR count). The summed E-state index contributed by atoms with van der Waals surface area (Å²) in [5.41, 5.74) is 0. The molecule has 2 aliphatic heterocycles. The molecule has 132 valence electrons. The minimum Gasteiger partial charge on any atom is -0.447 e. The van der Waals surface area contributed by atoms with Crippen LogP contribution < -0.4 is 0 Å². The Balaban J connectivity index is 1.54. The molecule has 1 atom stereocenters. The first-order valence-corrected chi connectivity index (χ1v) is 9.67. The number of nitrogens with zero attached hydrogens (tertiary/aromatic N) is 2. The fraction of sp³-hybridized carbons (Fsp3) is 0.667. The molecule has 2 fully saturated rings. The second-order valence-electron chi connectivity index (χ2n) is 7.14. The van der Waals surface area contributed by atoms with Gasteiger partial charge in [-0.2, -0.15) is 0 Å². The number of likely N-dealkylation sites (tertiary alicyclic amines) is 1. The summed E-state index contributed by atoms with van der Waals surface area (Å²) in [4.78, 5) is 29.5. The predicted molar refractivity (Wildman–Crippen MR) is 94.1 cm³/mol. The first kappa shape index (κ1) is 17.3. The van der Waals surface area contributed by atoms with Crippen LogP contribution in [-0.4, -0.2) is 53.6 Å². The summed E-state index contributed by atoms with van der Waals surface area (Å²) < 4.78 is 5.28. The Morgan fingerprint density at radius 3 is 2.75 bits per heavy atom. The van der Waals surface area contributed by atoms with E-state index in [0.717, 1.165) is 37.2 Å². The average molecular weight is 350 g/mol. The highest BCUT2D eigenvalue weighted by molar-refractivity contribution is 7.10. The van der Waals surface area contributed by atoms with Gasteiger partial charge in [0.2, 0.25) is 5.91 Å². The number of hydrogen-bond donors (Lipinski definition) is 0. The van der Waals surface area contributed by atoms with Gasteiger partial charge in [0.1, 0.15) is 6.61 Å². The molecular formula is C18H26N2O3S. The van der Waals surface area contributed by atoms with Gasteiger partial charge >= 0.3 is 6.09 Å². The third-order valence-electron chi connectivity index (χ3n) is 4.86. The molecule has 3 heterocycles. The van der Waals surface area contributed by atoms with Crippen LogP contribution in [0.4, 0.5) is 4.79 Å². The lowest BCUT2D eigenvalue weighted by atomic mass is 9.98. The summed E-state index contributed by atoms with van der Waals surface area (Å²) in [6.07, 6.45) is 2.98. The van der Waals surface area contributed by atoms with Crippen LogP contribution in [0, 0.1) is 5.92 Å². The third kappa shape index (κ3) is 3.91. The van der Waals surface area contributed by atoms with Crippen LogP contribution >= 0.6 is 11.3 Å². The molecule has 6 heteroatoms. The minimum atomic E-state index is -0.177. The largest absolute Gasteiger partial charge is 0.447 e. The maximum atomic E-state index is 12.4. The van der Waals surface area contributed by atoms with E-state index < -0.39 is 0 Å². The van der Waals surface area contributed by atoms with Crippen LogP contribution in [0.2, 0.25) is 0 Å². The summed E-state index contributed by atoms with van der Waals surface area (Å²) in [7, 11) is 0. The van der Waals surface area contributed by atoms with E-state index in [-0.39, 0.29) is 24.1 Å². The van der Waals surface area contributed by atoms with Crippen molar-refractivity contribution >= 4 is 23.3 Å². The number of hydrogen-bond acceptors (Lipinski definition) is 4. The molecule has 0 saturated carbocycles. The highest BCUT2D eigenvalue weighted by atomic mass is 32.1. The van der Waals surface area contributed by atoms with Gasteiger partial charge in [-0.25, -0.2) is 4.79 Å². The van der Waals surface area contributed by atoms with Gasteiger partial charge < -0.3 is 9.64 Å². The lowest BCUT2D eigenvalue weighted by molar-refractivity contribution is -0.131. The number of piperidine rings is 1. The highest BCUT2D eigenvalue weighted by Gasteiger charge is 2.39. The Kier molecular flexibility index (Phi) is 5.43. The maximum absolute atomic E-state index is 12.4.